The van der Waals surface area contributed by atoms with Crippen LogP contribution in [0.1, 0.15) is 21.7 Å². The van der Waals surface area contributed by atoms with E-state index in [1.54, 1.807) is 6.07 Å². The summed E-state index contributed by atoms with van der Waals surface area (Å²) in [6, 6.07) is 11.2. The molecule has 122 valence electrons. The van der Waals surface area contributed by atoms with Crippen LogP contribution in [0, 0.1) is 6.92 Å². The first-order valence-electron chi connectivity index (χ1n) is 7.32. The van der Waals surface area contributed by atoms with Crippen molar-refractivity contribution in [1.82, 2.24) is 5.32 Å². The zero-order valence-electron chi connectivity index (χ0n) is 12.9. The Bertz CT molecular complexity index is 640. The Morgan fingerprint density at radius 1 is 1.17 bits per heavy atom. The van der Waals surface area contributed by atoms with Crippen molar-refractivity contribution >= 4 is 23.2 Å². The van der Waals surface area contributed by atoms with E-state index in [4.69, 9.17) is 9.47 Å². The number of hydrogen-bond donors (Lipinski definition) is 1. The van der Waals surface area contributed by atoms with E-state index in [1.807, 2.05) is 42.6 Å². The van der Waals surface area contributed by atoms with E-state index in [2.05, 4.69) is 5.32 Å². The Hall–Kier alpha value is -2.34. The summed E-state index contributed by atoms with van der Waals surface area (Å²) in [5.74, 6) is 0.226. The zero-order chi connectivity index (χ0) is 16.5. The Labute approximate surface area is 139 Å². The number of carbonyl (C=O) groups is 2. The molecule has 1 aromatic heterocycles. The van der Waals surface area contributed by atoms with Crippen molar-refractivity contribution in [2.24, 2.45) is 0 Å². The molecule has 5 nitrogen and oxygen atoms in total. The van der Waals surface area contributed by atoms with E-state index in [0.29, 0.717) is 11.5 Å². The molecule has 1 N–H and O–H groups in total. The van der Waals surface area contributed by atoms with Crippen molar-refractivity contribution in [1.29, 1.82) is 0 Å². The maximum Gasteiger partial charge on any atom is 0.307 e. The number of nitrogens with one attached hydrogen (secondary N) is 1. The molecule has 0 atom stereocenters. The molecule has 0 saturated heterocycles. The molecule has 1 amide bonds. The van der Waals surface area contributed by atoms with Crippen LogP contribution >= 0.6 is 11.3 Å². The number of benzene rings is 1. The topological polar surface area (TPSA) is 64.6 Å². The van der Waals surface area contributed by atoms with E-state index >= 15 is 0 Å². The first kappa shape index (κ1) is 17.0. The van der Waals surface area contributed by atoms with Crippen LogP contribution in [0.3, 0.4) is 0 Å². The third-order valence-electron chi connectivity index (χ3n) is 2.96. The molecule has 2 rings (SSSR count). The van der Waals surface area contributed by atoms with Gasteiger partial charge in [0, 0.05) is 6.54 Å². The van der Waals surface area contributed by atoms with Crippen LogP contribution in [-0.4, -0.2) is 31.6 Å². The van der Waals surface area contributed by atoms with Gasteiger partial charge < -0.3 is 14.8 Å². The molecule has 0 aliphatic rings. The average molecular weight is 333 g/mol. The van der Waals surface area contributed by atoms with Gasteiger partial charge in [-0.05, 0) is 36.1 Å². The molecule has 1 aromatic carbocycles. The fraction of sp³-hybridized carbons (Fsp3) is 0.294. The zero-order valence-corrected chi connectivity index (χ0v) is 13.7. The fourth-order valence-corrected chi connectivity index (χ4v) is 2.51. The van der Waals surface area contributed by atoms with Crippen molar-refractivity contribution in [2.75, 3.05) is 19.8 Å². The summed E-state index contributed by atoms with van der Waals surface area (Å²) in [4.78, 5) is 23.8. The Morgan fingerprint density at radius 3 is 2.78 bits per heavy atom. The number of hydrogen-bond acceptors (Lipinski definition) is 5. The number of amides is 1. The SMILES string of the molecule is Cc1cccc(OCCOC(=O)CCNC(=O)c2cccs2)c1. The third kappa shape index (κ3) is 6.12. The quantitative estimate of drug-likeness (QED) is 0.596. The normalized spacial score (nSPS) is 10.1. The first-order chi connectivity index (χ1) is 11.1. The molecule has 0 saturated carbocycles. The van der Waals surface area contributed by atoms with E-state index < -0.39 is 0 Å². The van der Waals surface area contributed by atoms with Gasteiger partial charge in [0.25, 0.3) is 5.91 Å². The highest BCUT2D eigenvalue weighted by atomic mass is 32.1. The largest absolute Gasteiger partial charge is 0.490 e. The summed E-state index contributed by atoms with van der Waals surface area (Å²) in [5.41, 5.74) is 1.11. The van der Waals surface area contributed by atoms with E-state index in [9.17, 15) is 9.59 Å². The monoisotopic (exact) mass is 333 g/mol. The van der Waals surface area contributed by atoms with Crippen LogP contribution < -0.4 is 10.1 Å². The molecule has 6 heteroatoms. The van der Waals surface area contributed by atoms with Gasteiger partial charge in [-0.15, -0.1) is 11.3 Å². The van der Waals surface area contributed by atoms with Gasteiger partial charge in [0.05, 0.1) is 11.3 Å². The van der Waals surface area contributed by atoms with E-state index in [1.165, 1.54) is 11.3 Å². The van der Waals surface area contributed by atoms with Gasteiger partial charge in [-0.2, -0.15) is 0 Å². The lowest BCUT2D eigenvalue weighted by atomic mass is 10.2. The summed E-state index contributed by atoms with van der Waals surface area (Å²) >= 11 is 1.36. The number of aryl methyl sites for hydroxylation is 1. The second kappa shape index (κ2) is 8.95. The van der Waals surface area contributed by atoms with Crippen LogP contribution in [-0.2, 0) is 9.53 Å². The summed E-state index contributed by atoms with van der Waals surface area (Å²) in [6.07, 6.45) is 0.140. The average Bonchev–Trinajstić information content (AvgIpc) is 3.06. The second-order valence-corrected chi connectivity index (χ2v) is 5.82. The number of rotatable bonds is 8. The highest BCUT2D eigenvalue weighted by Gasteiger charge is 2.08. The van der Waals surface area contributed by atoms with Crippen LogP contribution in [0.5, 0.6) is 5.75 Å². The summed E-state index contributed by atoms with van der Waals surface area (Å²) in [5, 5.41) is 4.51. The lowest BCUT2D eigenvalue weighted by molar-refractivity contribution is -0.144. The highest BCUT2D eigenvalue weighted by Crippen LogP contribution is 2.12. The van der Waals surface area contributed by atoms with Gasteiger partial charge in [-0.1, -0.05) is 18.2 Å². The molecule has 0 bridgehead atoms. The van der Waals surface area contributed by atoms with Gasteiger partial charge in [0.15, 0.2) is 0 Å². The molecule has 0 unspecified atom stereocenters. The predicted octanol–water partition coefficient (Wildman–Crippen LogP) is 2.80. The molecule has 0 aliphatic carbocycles. The number of thiophene rings is 1. The van der Waals surface area contributed by atoms with E-state index in [-0.39, 0.29) is 31.4 Å². The minimum atomic E-state index is -0.357. The molecule has 0 fully saturated rings. The number of carbonyl (C=O) groups excluding carboxylic acids is 2. The molecule has 0 aliphatic heterocycles. The lowest BCUT2D eigenvalue weighted by Crippen LogP contribution is -2.26. The maximum absolute atomic E-state index is 11.7. The standard InChI is InChI=1S/C17H19NO4S/c1-13-4-2-5-14(12-13)21-9-10-22-16(19)7-8-18-17(20)15-6-3-11-23-15/h2-6,11-12H,7-10H2,1H3,(H,18,20). The van der Waals surface area contributed by atoms with E-state index in [0.717, 1.165) is 11.3 Å². The summed E-state index contributed by atoms with van der Waals surface area (Å²) < 4.78 is 10.5. The van der Waals surface area contributed by atoms with Crippen LogP contribution in [0.15, 0.2) is 41.8 Å². The number of ether oxygens (including phenoxy) is 2. The maximum atomic E-state index is 11.7. The van der Waals surface area contributed by atoms with Gasteiger partial charge in [-0.3, -0.25) is 9.59 Å². The van der Waals surface area contributed by atoms with Crippen molar-refractivity contribution in [3.63, 3.8) is 0 Å². The minimum Gasteiger partial charge on any atom is -0.490 e. The van der Waals surface area contributed by atoms with Crippen LogP contribution in [0.4, 0.5) is 0 Å². The van der Waals surface area contributed by atoms with Crippen molar-refractivity contribution in [3.8, 4) is 5.75 Å². The lowest BCUT2D eigenvalue weighted by Gasteiger charge is -2.08. The Kier molecular flexibility index (Phi) is 6.62. The Balaban J connectivity index is 1.56. The minimum absolute atomic E-state index is 0.140. The van der Waals surface area contributed by atoms with Crippen molar-refractivity contribution in [3.05, 3.63) is 52.2 Å². The molecular formula is C17H19NO4S. The molecule has 1 heterocycles. The van der Waals surface area contributed by atoms with Gasteiger partial charge in [0.2, 0.25) is 0 Å². The Morgan fingerprint density at radius 2 is 2.04 bits per heavy atom. The highest BCUT2D eigenvalue weighted by molar-refractivity contribution is 7.12. The number of esters is 1. The smallest absolute Gasteiger partial charge is 0.307 e. The molecule has 0 radical (unpaired) electrons. The molecule has 2 aromatic rings. The first-order valence-corrected chi connectivity index (χ1v) is 8.20. The van der Waals surface area contributed by atoms with Gasteiger partial charge in [-0.25, -0.2) is 0 Å². The molecule has 23 heavy (non-hydrogen) atoms. The van der Waals surface area contributed by atoms with Crippen LogP contribution in [0.2, 0.25) is 0 Å². The third-order valence-corrected chi connectivity index (χ3v) is 3.83. The second-order valence-electron chi connectivity index (χ2n) is 4.87. The van der Waals surface area contributed by atoms with Crippen molar-refractivity contribution in [2.45, 2.75) is 13.3 Å². The summed E-state index contributed by atoms with van der Waals surface area (Å²) in [6.45, 7) is 2.73. The molecule has 0 spiro atoms. The summed E-state index contributed by atoms with van der Waals surface area (Å²) in [7, 11) is 0. The van der Waals surface area contributed by atoms with Gasteiger partial charge in [0.1, 0.15) is 19.0 Å². The van der Waals surface area contributed by atoms with Gasteiger partial charge >= 0.3 is 5.97 Å². The molecular weight excluding hydrogens is 314 g/mol. The fourth-order valence-electron chi connectivity index (χ4n) is 1.87. The van der Waals surface area contributed by atoms with Crippen LogP contribution in [0.25, 0.3) is 0 Å². The predicted molar refractivity (Wildman–Crippen MR) is 88.9 cm³/mol. The van der Waals surface area contributed by atoms with Crippen molar-refractivity contribution < 1.29 is 19.1 Å².